The van der Waals surface area contributed by atoms with Crippen LogP contribution in [0.25, 0.3) is 5.65 Å². The number of nitrogens with one attached hydrogen (secondary N) is 1. The first-order chi connectivity index (χ1) is 8.20. The van der Waals surface area contributed by atoms with Gasteiger partial charge in [-0.25, -0.2) is 4.98 Å². The van der Waals surface area contributed by atoms with Gasteiger partial charge in [-0.2, -0.15) is 0 Å². The van der Waals surface area contributed by atoms with Gasteiger partial charge in [-0.05, 0) is 19.1 Å². The summed E-state index contributed by atoms with van der Waals surface area (Å²) in [6.45, 7) is 2.37. The normalized spacial score (nSPS) is 12.6. The van der Waals surface area contributed by atoms with E-state index in [4.69, 9.17) is 4.74 Å². The van der Waals surface area contributed by atoms with Gasteiger partial charge in [-0.15, -0.1) is 0 Å². The minimum absolute atomic E-state index is 0.0303. The monoisotopic (exact) mass is 233 g/mol. The zero-order valence-corrected chi connectivity index (χ0v) is 9.88. The van der Waals surface area contributed by atoms with E-state index in [1.807, 2.05) is 35.7 Å². The molecule has 1 amide bonds. The molecule has 1 N–H and O–H groups in total. The second-order valence-corrected chi connectivity index (χ2v) is 3.92. The average molecular weight is 233 g/mol. The molecule has 5 heteroatoms. The van der Waals surface area contributed by atoms with Gasteiger partial charge in [0.05, 0.1) is 6.61 Å². The Labute approximate surface area is 99.4 Å². The zero-order chi connectivity index (χ0) is 12.3. The summed E-state index contributed by atoms with van der Waals surface area (Å²) < 4.78 is 6.77. The van der Waals surface area contributed by atoms with E-state index in [1.54, 1.807) is 13.3 Å². The van der Waals surface area contributed by atoms with E-state index in [0.717, 1.165) is 5.65 Å². The van der Waals surface area contributed by atoms with Crippen molar-refractivity contribution in [2.75, 3.05) is 13.7 Å². The van der Waals surface area contributed by atoms with Gasteiger partial charge in [0.1, 0.15) is 11.3 Å². The molecule has 2 aromatic heterocycles. The number of carbonyl (C=O) groups excluding carboxylic acids is 1. The highest BCUT2D eigenvalue weighted by Crippen LogP contribution is 2.04. The molecule has 1 unspecified atom stereocenters. The van der Waals surface area contributed by atoms with E-state index < -0.39 is 0 Å². The maximum Gasteiger partial charge on any atom is 0.271 e. The zero-order valence-electron chi connectivity index (χ0n) is 9.88. The van der Waals surface area contributed by atoms with Crippen LogP contribution in [-0.2, 0) is 4.74 Å². The van der Waals surface area contributed by atoms with Gasteiger partial charge in [0.25, 0.3) is 5.91 Å². The van der Waals surface area contributed by atoms with Crippen LogP contribution in [0.4, 0.5) is 0 Å². The molecule has 1 atom stereocenters. The Morgan fingerprint density at radius 1 is 1.59 bits per heavy atom. The van der Waals surface area contributed by atoms with Crippen LogP contribution in [0.5, 0.6) is 0 Å². The van der Waals surface area contributed by atoms with E-state index in [1.165, 1.54) is 0 Å². The number of hydrogen-bond donors (Lipinski definition) is 1. The average Bonchev–Trinajstić information content (AvgIpc) is 2.72. The SMILES string of the molecule is COCC(C)NC(=O)c1cn2ccccc2n1. The summed E-state index contributed by atoms with van der Waals surface area (Å²) in [6, 6.07) is 5.61. The minimum Gasteiger partial charge on any atom is -0.383 e. The second-order valence-electron chi connectivity index (χ2n) is 3.92. The molecule has 0 radical (unpaired) electrons. The molecule has 90 valence electrons. The third-order valence-electron chi connectivity index (χ3n) is 2.39. The van der Waals surface area contributed by atoms with Crippen LogP contribution in [0.2, 0.25) is 0 Å². The fourth-order valence-corrected chi connectivity index (χ4v) is 1.63. The number of pyridine rings is 1. The quantitative estimate of drug-likeness (QED) is 0.860. The Bertz CT molecular complexity index is 488. The lowest BCUT2D eigenvalue weighted by atomic mass is 10.3. The number of rotatable bonds is 4. The van der Waals surface area contributed by atoms with Crippen LogP contribution < -0.4 is 5.32 Å². The summed E-state index contributed by atoms with van der Waals surface area (Å²) in [5.41, 5.74) is 1.18. The Balaban J connectivity index is 2.13. The number of aromatic nitrogens is 2. The van der Waals surface area contributed by atoms with E-state index in [0.29, 0.717) is 12.3 Å². The van der Waals surface area contributed by atoms with E-state index in [2.05, 4.69) is 10.3 Å². The molecule has 0 spiro atoms. The van der Waals surface area contributed by atoms with Gasteiger partial charge in [0, 0.05) is 25.5 Å². The fourth-order valence-electron chi connectivity index (χ4n) is 1.63. The summed E-state index contributed by atoms with van der Waals surface area (Å²) >= 11 is 0. The number of nitrogens with zero attached hydrogens (tertiary/aromatic N) is 2. The number of amides is 1. The lowest BCUT2D eigenvalue weighted by Gasteiger charge is -2.10. The summed E-state index contributed by atoms with van der Waals surface area (Å²) in [5.74, 6) is -0.182. The molecule has 17 heavy (non-hydrogen) atoms. The molecular weight excluding hydrogens is 218 g/mol. The third kappa shape index (κ3) is 2.62. The van der Waals surface area contributed by atoms with Crippen molar-refractivity contribution in [2.24, 2.45) is 0 Å². The van der Waals surface area contributed by atoms with Crippen LogP contribution in [0.1, 0.15) is 17.4 Å². The molecule has 5 nitrogen and oxygen atoms in total. The number of imidazole rings is 1. The molecule has 0 aliphatic heterocycles. The second kappa shape index (κ2) is 4.97. The standard InChI is InChI=1S/C12H15N3O2/c1-9(8-17-2)13-12(16)10-7-15-6-4-3-5-11(15)14-10/h3-7,9H,8H2,1-2H3,(H,13,16). The molecule has 0 bridgehead atoms. The smallest absolute Gasteiger partial charge is 0.271 e. The first kappa shape index (κ1) is 11.6. The van der Waals surface area contributed by atoms with Crippen molar-refractivity contribution in [1.82, 2.24) is 14.7 Å². The van der Waals surface area contributed by atoms with E-state index >= 15 is 0 Å². The fraction of sp³-hybridized carbons (Fsp3) is 0.333. The Morgan fingerprint density at radius 2 is 2.41 bits per heavy atom. The highest BCUT2D eigenvalue weighted by atomic mass is 16.5. The molecule has 0 aliphatic rings. The number of methoxy groups -OCH3 is 1. The van der Waals surface area contributed by atoms with Crippen LogP contribution in [0.15, 0.2) is 30.6 Å². The van der Waals surface area contributed by atoms with Gasteiger partial charge in [-0.1, -0.05) is 6.07 Å². The maximum atomic E-state index is 11.9. The minimum atomic E-state index is -0.182. The molecule has 0 aromatic carbocycles. The summed E-state index contributed by atoms with van der Waals surface area (Å²) in [6.07, 6.45) is 3.57. The van der Waals surface area contributed by atoms with Gasteiger partial charge >= 0.3 is 0 Å². The lowest BCUT2D eigenvalue weighted by molar-refractivity contribution is 0.0901. The number of fused-ring (bicyclic) bond motifs is 1. The van der Waals surface area contributed by atoms with E-state index in [-0.39, 0.29) is 11.9 Å². The van der Waals surface area contributed by atoms with Crippen LogP contribution in [0, 0.1) is 0 Å². The molecule has 2 heterocycles. The summed E-state index contributed by atoms with van der Waals surface area (Å²) in [7, 11) is 1.60. The predicted octanol–water partition coefficient (Wildman–Crippen LogP) is 1.10. The van der Waals surface area contributed by atoms with E-state index in [9.17, 15) is 4.79 Å². The Hall–Kier alpha value is -1.88. The Kier molecular flexibility index (Phi) is 3.39. The molecule has 0 fully saturated rings. The lowest BCUT2D eigenvalue weighted by Crippen LogP contribution is -2.35. The van der Waals surface area contributed by atoms with Gasteiger partial charge < -0.3 is 14.5 Å². The number of carbonyl (C=O) groups is 1. The summed E-state index contributed by atoms with van der Waals surface area (Å²) in [5, 5.41) is 2.82. The number of ether oxygens (including phenoxy) is 1. The topological polar surface area (TPSA) is 55.6 Å². The molecule has 2 aromatic rings. The van der Waals surface area contributed by atoms with Crippen molar-refractivity contribution in [2.45, 2.75) is 13.0 Å². The maximum absolute atomic E-state index is 11.9. The van der Waals surface area contributed by atoms with Gasteiger partial charge in [0.2, 0.25) is 0 Å². The van der Waals surface area contributed by atoms with Gasteiger partial charge in [-0.3, -0.25) is 4.79 Å². The molecule has 2 rings (SSSR count). The largest absolute Gasteiger partial charge is 0.383 e. The molecular formula is C12H15N3O2. The predicted molar refractivity (Wildman–Crippen MR) is 64.0 cm³/mol. The molecule has 0 aliphatic carbocycles. The van der Waals surface area contributed by atoms with Crippen molar-refractivity contribution >= 4 is 11.6 Å². The van der Waals surface area contributed by atoms with Crippen molar-refractivity contribution in [1.29, 1.82) is 0 Å². The van der Waals surface area contributed by atoms with Gasteiger partial charge in [0.15, 0.2) is 0 Å². The van der Waals surface area contributed by atoms with Crippen molar-refractivity contribution < 1.29 is 9.53 Å². The Morgan fingerprint density at radius 3 is 3.12 bits per heavy atom. The van der Waals surface area contributed by atoms with Crippen molar-refractivity contribution in [3.63, 3.8) is 0 Å². The van der Waals surface area contributed by atoms with Crippen LogP contribution in [-0.4, -0.2) is 35.1 Å². The first-order valence-electron chi connectivity index (χ1n) is 5.44. The number of hydrogen-bond acceptors (Lipinski definition) is 3. The van der Waals surface area contributed by atoms with Crippen LogP contribution >= 0.6 is 0 Å². The third-order valence-corrected chi connectivity index (χ3v) is 2.39. The van der Waals surface area contributed by atoms with Crippen LogP contribution in [0.3, 0.4) is 0 Å². The highest BCUT2D eigenvalue weighted by molar-refractivity contribution is 5.93. The van der Waals surface area contributed by atoms with Crippen molar-refractivity contribution in [3.8, 4) is 0 Å². The highest BCUT2D eigenvalue weighted by Gasteiger charge is 2.12. The van der Waals surface area contributed by atoms with Crippen molar-refractivity contribution in [3.05, 3.63) is 36.3 Å². The molecule has 0 saturated heterocycles. The first-order valence-corrected chi connectivity index (χ1v) is 5.44. The molecule has 0 saturated carbocycles. The summed E-state index contributed by atoms with van der Waals surface area (Å²) in [4.78, 5) is 16.1.